The highest BCUT2D eigenvalue weighted by atomic mass is 16.2. The zero-order valence-electron chi connectivity index (χ0n) is 14.8. The minimum atomic E-state index is -0.484. The van der Waals surface area contributed by atoms with Crippen molar-refractivity contribution in [2.24, 2.45) is 5.73 Å². The molecule has 2 aromatic carbocycles. The van der Waals surface area contributed by atoms with Crippen LogP contribution in [0.3, 0.4) is 0 Å². The molecule has 3 rings (SSSR count). The summed E-state index contributed by atoms with van der Waals surface area (Å²) in [5.41, 5.74) is 9.09. The van der Waals surface area contributed by atoms with Gasteiger partial charge in [0.1, 0.15) is 0 Å². The van der Waals surface area contributed by atoms with E-state index < -0.39 is 6.04 Å². The van der Waals surface area contributed by atoms with Crippen molar-refractivity contribution in [3.63, 3.8) is 0 Å². The third-order valence-electron chi connectivity index (χ3n) is 4.79. The number of amides is 1. The summed E-state index contributed by atoms with van der Waals surface area (Å²) in [6.45, 7) is 3.92. The lowest BCUT2D eigenvalue weighted by Crippen LogP contribution is -2.53. The molecule has 0 spiro atoms. The Labute approximate surface area is 154 Å². The number of piperazine rings is 1. The van der Waals surface area contributed by atoms with Gasteiger partial charge in [0.2, 0.25) is 5.91 Å². The summed E-state index contributed by atoms with van der Waals surface area (Å²) in [6, 6.07) is 19.2. The molecule has 0 bridgehead atoms. The maximum absolute atomic E-state index is 12.6. The predicted molar refractivity (Wildman–Crippen MR) is 101 cm³/mol. The Kier molecular flexibility index (Phi) is 6.00. The summed E-state index contributed by atoms with van der Waals surface area (Å²) in [5, 5.41) is 8.86. The molecule has 1 heterocycles. The summed E-state index contributed by atoms with van der Waals surface area (Å²) in [5.74, 6) is 0.0341. The van der Waals surface area contributed by atoms with E-state index in [0.29, 0.717) is 25.1 Å². The van der Waals surface area contributed by atoms with Gasteiger partial charge in [0, 0.05) is 32.7 Å². The fourth-order valence-electron chi connectivity index (χ4n) is 3.26. The van der Waals surface area contributed by atoms with Crippen molar-refractivity contribution in [3.05, 3.63) is 71.3 Å². The zero-order valence-corrected chi connectivity index (χ0v) is 14.8. The molecule has 1 saturated heterocycles. The van der Waals surface area contributed by atoms with E-state index in [4.69, 9.17) is 11.0 Å². The summed E-state index contributed by atoms with van der Waals surface area (Å²) >= 11 is 0. The minimum absolute atomic E-state index is 0.0341. The first-order chi connectivity index (χ1) is 12.7. The van der Waals surface area contributed by atoms with Crippen molar-refractivity contribution in [2.75, 3.05) is 26.2 Å². The molecule has 1 amide bonds. The zero-order chi connectivity index (χ0) is 18.4. The monoisotopic (exact) mass is 348 g/mol. The second-order valence-electron chi connectivity index (χ2n) is 6.71. The molecule has 1 atom stereocenters. The standard InChI is InChI=1S/C21H24N4O/c22-15-18-6-8-19(9-7-18)16-24-10-12-25(13-11-24)21(26)20(23)14-17-4-2-1-3-5-17/h1-9,20H,10-14,16,23H2/t20-/m0/s1. The second-order valence-corrected chi connectivity index (χ2v) is 6.71. The number of nitrogens with two attached hydrogens (primary N) is 1. The van der Waals surface area contributed by atoms with Gasteiger partial charge in [0.15, 0.2) is 0 Å². The van der Waals surface area contributed by atoms with Gasteiger partial charge in [0.25, 0.3) is 0 Å². The molecule has 5 nitrogen and oxygen atoms in total. The molecular weight excluding hydrogens is 324 g/mol. The third-order valence-corrected chi connectivity index (χ3v) is 4.79. The van der Waals surface area contributed by atoms with Crippen molar-refractivity contribution in [2.45, 2.75) is 19.0 Å². The van der Waals surface area contributed by atoms with Crippen LogP contribution in [0.2, 0.25) is 0 Å². The fraction of sp³-hybridized carbons (Fsp3) is 0.333. The Bertz CT molecular complexity index is 759. The fourth-order valence-corrected chi connectivity index (χ4v) is 3.26. The van der Waals surface area contributed by atoms with Crippen LogP contribution in [-0.4, -0.2) is 47.9 Å². The largest absolute Gasteiger partial charge is 0.339 e. The van der Waals surface area contributed by atoms with Crippen molar-refractivity contribution >= 4 is 5.91 Å². The first-order valence-electron chi connectivity index (χ1n) is 8.95. The lowest BCUT2D eigenvalue weighted by molar-refractivity contribution is -0.134. The summed E-state index contributed by atoms with van der Waals surface area (Å²) in [6.07, 6.45) is 0.575. The van der Waals surface area contributed by atoms with Crippen LogP contribution >= 0.6 is 0 Å². The van der Waals surface area contributed by atoms with E-state index in [0.717, 1.165) is 25.2 Å². The summed E-state index contributed by atoms with van der Waals surface area (Å²) in [7, 11) is 0. The van der Waals surface area contributed by atoms with Gasteiger partial charge in [-0.15, -0.1) is 0 Å². The molecule has 0 unspecified atom stereocenters. The minimum Gasteiger partial charge on any atom is -0.339 e. The van der Waals surface area contributed by atoms with E-state index in [-0.39, 0.29) is 5.91 Å². The number of hydrogen-bond acceptors (Lipinski definition) is 4. The van der Waals surface area contributed by atoms with Crippen molar-refractivity contribution in [1.29, 1.82) is 5.26 Å². The van der Waals surface area contributed by atoms with Crippen LogP contribution in [0.25, 0.3) is 0 Å². The predicted octanol–water partition coefficient (Wildman–Crippen LogP) is 1.77. The maximum atomic E-state index is 12.6. The van der Waals surface area contributed by atoms with E-state index in [9.17, 15) is 4.79 Å². The molecule has 5 heteroatoms. The number of rotatable bonds is 5. The van der Waals surface area contributed by atoms with Gasteiger partial charge in [-0.05, 0) is 29.7 Å². The molecule has 134 valence electrons. The Hall–Kier alpha value is -2.68. The van der Waals surface area contributed by atoms with Gasteiger partial charge in [-0.1, -0.05) is 42.5 Å². The number of hydrogen-bond donors (Lipinski definition) is 1. The van der Waals surface area contributed by atoms with Crippen molar-refractivity contribution in [3.8, 4) is 6.07 Å². The van der Waals surface area contributed by atoms with Crippen LogP contribution < -0.4 is 5.73 Å². The van der Waals surface area contributed by atoms with Crippen LogP contribution in [0.5, 0.6) is 0 Å². The van der Waals surface area contributed by atoms with Gasteiger partial charge in [-0.25, -0.2) is 0 Å². The van der Waals surface area contributed by atoms with E-state index >= 15 is 0 Å². The maximum Gasteiger partial charge on any atom is 0.239 e. The van der Waals surface area contributed by atoms with Gasteiger partial charge in [-0.2, -0.15) is 5.26 Å². The molecule has 2 aromatic rings. The smallest absolute Gasteiger partial charge is 0.239 e. The second kappa shape index (κ2) is 8.61. The molecule has 1 fully saturated rings. The quantitative estimate of drug-likeness (QED) is 0.894. The van der Waals surface area contributed by atoms with Crippen molar-refractivity contribution < 1.29 is 4.79 Å². The highest BCUT2D eigenvalue weighted by Gasteiger charge is 2.25. The average Bonchev–Trinajstić information content (AvgIpc) is 2.69. The molecular formula is C21H24N4O. The number of benzene rings is 2. The summed E-state index contributed by atoms with van der Waals surface area (Å²) in [4.78, 5) is 16.8. The third kappa shape index (κ3) is 4.69. The first kappa shape index (κ1) is 18.1. The highest BCUT2D eigenvalue weighted by molar-refractivity contribution is 5.82. The van der Waals surface area contributed by atoms with Crippen LogP contribution in [0.4, 0.5) is 0 Å². The Balaban J connectivity index is 1.48. The Morgan fingerprint density at radius 1 is 1.00 bits per heavy atom. The SMILES string of the molecule is N#Cc1ccc(CN2CCN(C(=O)[C@@H](N)Cc3ccccc3)CC2)cc1. The van der Waals surface area contributed by atoms with Crippen molar-refractivity contribution in [1.82, 2.24) is 9.80 Å². The number of nitriles is 1. The lowest BCUT2D eigenvalue weighted by Gasteiger charge is -2.36. The molecule has 0 saturated carbocycles. The normalized spacial score (nSPS) is 16.1. The van der Waals surface area contributed by atoms with Gasteiger partial charge in [-0.3, -0.25) is 9.69 Å². The molecule has 1 aliphatic heterocycles. The van der Waals surface area contributed by atoms with Crippen LogP contribution in [0.15, 0.2) is 54.6 Å². The number of nitrogens with zero attached hydrogens (tertiary/aromatic N) is 3. The average molecular weight is 348 g/mol. The van der Waals surface area contributed by atoms with E-state index in [1.807, 2.05) is 59.5 Å². The van der Waals surface area contributed by atoms with E-state index in [2.05, 4.69) is 11.0 Å². The molecule has 2 N–H and O–H groups in total. The van der Waals surface area contributed by atoms with E-state index in [1.54, 1.807) is 0 Å². The molecule has 0 aromatic heterocycles. The van der Waals surface area contributed by atoms with Crippen LogP contribution in [0.1, 0.15) is 16.7 Å². The van der Waals surface area contributed by atoms with Gasteiger partial charge in [0.05, 0.1) is 17.7 Å². The van der Waals surface area contributed by atoms with Crippen LogP contribution in [0, 0.1) is 11.3 Å². The van der Waals surface area contributed by atoms with Gasteiger partial charge < -0.3 is 10.6 Å². The summed E-state index contributed by atoms with van der Waals surface area (Å²) < 4.78 is 0. The lowest BCUT2D eigenvalue weighted by atomic mass is 10.1. The van der Waals surface area contributed by atoms with Gasteiger partial charge >= 0.3 is 0 Å². The highest BCUT2D eigenvalue weighted by Crippen LogP contribution is 2.11. The van der Waals surface area contributed by atoms with E-state index in [1.165, 1.54) is 5.56 Å². The number of carbonyl (C=O) groups excluding carboxylic acids is 1. The Morgan fingerprint density at radius 2 is 1.65 bits per heavy atom. The molecule has 1 aliphatic rings. The molecule has 26 heavy (non-hydrogen) atoms. The molecule has 0 radical (unpaired) electrons. The molecule has 0 aliphatic carbocycles. The first-order valence-corrected chi connectivity index (χ1v) is 8.95. The Morgan fingerprint density at radius 3 is 2.27 bits per heavy atom. The van der Waals surface area contributed by atoms with Crippen LogP contribution in [-0.2, 0) is 17.8 Å². The number of carbonyl (C=O) groups is 1. The topological polar surface area (TPSA) is 73.4 Å².